The van der Waals surface area contributed by atoms with E-state index in [1.54, 1.807) is 11.1 Å². The Bertz CT molecular complexity index is 431. The normalized spacial score (nSPS) is 34.2. The van der Waals surface area contributed by atoms with Gasteiger partial charge in [0.05, 0.1) is 0 Å². The van der Waals surface area contributed by atoms with Gasteiger partial charge in [0.25, 0.3) is 0 Å². The molecule has 1 aromatic rings. The van der Waals surface area contributed by atoms with Gasteiger partial charge in [0.2, 0.25) is 0 Å². The van der Waals surface area contributed by atoms with E-state index in [-0.39, 0.29) is 0 Å². The minimum absolute atomic E-state index is 0.398. The summed E-state index contributed by atoms with van der Waals surface area (Å²) in [4.78, 5) is 2.66. The Morgan fingerprint density at radius 2 is 1.67 bits per heavy atom. The SMILES string of the molecule is CC1CC(C)C(CN2CCc3ccccc3CC2)C(N)C1. The van der Waals surface area contributed by atoms with Crippen LogP contribution in [0.4, 0.5) is 0 Å². The van der Waals surface area contributed by atoms with Crippen LogP contribution >= 0.6 is 0 Å². The Hall–Kier alpha value is -0.860. The van der Waals surface area contributed by atoms with Crippen LogP contribution in [0.5, 0.6) is 0 Å². The number of hydrogen-bond donors (Lipinski definition) is 1. The molecule has 0 radical (unpaired) electrons. The number of hydrogen-bond acceptors (Lipinski definition) is 2. The van der Waals surface area contributed by atoms with Gasteiger partial charge in [-0.2, -0.15) is 0 Å². The van der Waals surface area contributed by atoms with Gasteiger partial charge >= 0.3 is 0 Å². The van der Waals surface area contributed by atoms with Crippen LogP contribution in [0.15, 0.2) is 24.3 Å². The number of nitrogens with two attached hydrogens (primary N) is 1. The summed E-state index contributed by atoms with van der Waals surface area (Å²) in [6.07, 6.45) is 4.96. The first-order valence-corrected chi connectivity index (χ1v) is 8.68. The Kier molecular flexibility index (Phi) is 4.66. The van der Waals surface area contributed by atoms with Crippen molar-refractivity contribution in [2.24, 2.45) is 23.5 Å². The lowest BCUT2D eigenvalue weighted by atomic mass is 9.72. The van der Waals surface area contributed by atoms with Crippen LogP contribution in [0.25, 0.3) is 0 Å². The molecule has 1 aliphatic carbocycles. The molecule has 0 bridgehead atoms. The van der Waals surface area contributed by atoms with Crippen LogP contribution in [-0.4, -0.2) is 30.6 Å². The molecule has 2 nitrogen and oxygen atoms in total. The molecule has 0 aromatic heterocycles. The third-order valence-corrected chi connectivity index (χ3v) is 5.71. The highest BCUT2D eigenvalue weighted by atomic mass is 15.1. The van der Waals surface area contributed by atoms with E-state index in [4.69, 9.17) is 5.73 Å². The molecule has 0 saturated heterocycles. The van der Waals surface area contributed by atoms with Crippen molar-refractivity contribution in [2.75, 3.05) is 19.6 Å². The first-order chi connectivity index (χ1) is 10.1. The molecule has 1 aliphatic heterocycles. The molecule has 0 spiro atoms. The largest absolute Gasteiger partial charge is 0.327 e. The Morgan fingerprint density at radius 1 is 1.05 bits per heavy atom. The number of rotatable bonds is 2. The predicted octanol–water partition coefficient (Wildman–Crippen LogP) is 3.10. The first kappa shape index (κ1) is 15.1. The van der Waals surface area contributed by atoms with Crippen molar-refractivity contribution in [1.82, 2.24) is 4.90 Å². The molecule has 1 heterocycles. The average Bonchev–Trinajstić information content (AvgIpc) is 2.65. The summed E-state index contributed by atoms with van der Waals surface area (Å²) in [7, 11) is 0. The van der Waals surface area contributed by atoms with E-state index in [1.807, 2.05) is 0 Å². The molecule has 2 N–H and O–H groups in total. The van der Waals surface area contributed by atoms with Gasteiger partial charge in [-0.1, -0.05) is 38.1 Å². The van der Waals surface area contributed by atoms with Crippen LogP contribution < -0.4 is 5.73 Å². The van der Waals surface area contributed by atoms with E-state index >= 15 is 0 Å². The zero-order valence-electron chi connectivity index (χ0n) is 13.6. The highest BCUT2D eigenvalue weighted by molar-refractivity contribution is 5.28. The number of fused-ring (bicyclic) bond motifs is 1. The zero-order chi connectivity index (χ0) is 14.8. The third kappa shape index (κ3) is 3.49. The van der Waals surface area contributed by atoms with E-state index < -0.39 is 0 Å². The summed E-state index contributed by atoms with van der Waals surface area (Å²) in [5.74, 6) is 2.26. The molecule has 116 valence electrons. The predicted molar refractivity (Wildman–Crippen MR) is 89.3 cm³/mol. The van der Waals surface area contributed by atoms with Gasteiger partial charge in [-0.05, 0) is 54.6 Å². The summed E-state index contributed by atoms with van der Waals surface area (Å²) in [6, 6.07) is 9.35. The van der Waals surface area contributed by atoms with E-state index in [9.17, 15) is 0 Å². The summed E-state index contributed by atoms with van der Waals surface area (Å²) >= 11 is 0. The van der Waals surface area contributed by atoms with Crippen LogP contribution in [-0.2, 0) is 12.8 Å². The van der Waals surface area contributed by atoms with Crippen molar-refractivity contribution < 1.29 is 0 Å². The summed E-state index contributed by atoms with van der Waals surface area (Å²) in [6.45, 7) is 8.36. The molecule has 1 aromatic carbocycles. The smallest absolute Gasteiger partial charge is 0.00844 e. The quantitative estimate of drug-likeness (QED) is 0.905. The van der Waals surface area contributed by atoms with Crippen LogP contribution in [0.2, 0.25) is 0 Å². The second kappa shape index (κ2) is 6.50. The van der Waals surface area contributed by atoms with Gasteiger partial charge in [0, 0.05) is 25.7 Å². The molecule has 3 rings (SSSR count). The standard InChI is InChI=1S/C19H30N2/c1-14-11-15(2)18(19(20)12-14)13-21-9-7-16-5-3-4-6-17(16)8-10-21/h3-6,14-15,18-19H,7-13,20H2,1-2H3. The highest BCUT2D eigenvalue weighted by Crippen LogP contribution is 2.33. The Morgan fingerprint density at radius 3 is 2.24 bits per heavy atom. The van der Waals surface area contributed by atoms with E-state index in [1.165, 1.54) is 45.3 Å². The van der Waals surface area contributed by atoms with E-state index in [0.717, 1.165) is 11.8 Å². The fourth-order valence-corrected chi connectivity index (χ4v) is 4.48. The molecule has 0 amide bonds. The van der Waals surface area contributed by atoms with Gasteiger partial charge in [-0.25, -0.2) is 0 Å². The van der Waals surface area contributed by atoms with Crippen molar-refractivity contribution in [1.29, 1.82) is 0 Å². The lowest BCUT2D eigenvalue weighted by Crippen LogP contribution is -2.47. The van der Waals surface area contributed by atoms with Gasteiger partial charge < -0.3 is 10.6 Å². The molecule has 4 unspecified atom stereocenters. The molecule has 2 aliphatic rings. The van der Waals surface area contributed by atoms with Crippen LogP contribution in [0, 0.1) is 17.8 Å². The summed E-state index contributed by atoms with van der Waals surface area (Å²) in [5.41, 5.74) is 9.57. The zero-order valence-corrected chi connectivity index (χ0v) is 13.6. The van der Waals surface area contributed by atoms with Crippen molar-refractivity contribution in [2.45, 2.75) is 45.6 Å². The summed E-state index contributed by atoms with van der Waals surface area (Å²) < 4.78 is 0. The van der Waals surface area contributed by atoms with Crippen molar-refractivity contribution in [3.05, 3.63) is 35.4 Å². The van der Waals surface area contributed by atoms with Crippen molar-refractivity contribution in [3.8, 4) is 0 Å². The van der Waals surface area contributed by atoms with Crippen molar-refractivity contribution in [3.63, 3.8) is 0 Å². The van der Waals surface area contributed by atoms with Gasteiger partial charge in [0.15, 0.2) is 0 Å². The van der Waals surface area contributed by atoms with Gasteiger partial charge in [0.1, 0.15) is 0 Å². The topological polar surface area (TPSA) is 29.3 Å². The molecule has 2 heteroatoms. The molecular weight excluding hydrogens is 256 g/mol. The maximum atomic E-state index is 6.47. The van der Waals surface area contributed by atoms with Gasteiger partial charge in [-0.3, -0.25) is 0 Å². The van der Waals surface area contributed by atoms with Crippen LogP contribution in [0.3, 0.4) is 0 Å². The fourth-order valence-electron chi connectivity index (χ4n) is 4.48. The van der Waals surface area contributed by atoms with Gasteiger partial charge in [-0.15, -0.1) is 0 Å². The molecule has 1 fully saturated rings. The lowest BCUT2D eigenvalue weighted by molar-refractivity contribution is 0.120. The first-order valence-electron chi connectivity index (χ1n) is 8.68. The van der Waals surface area contributed by atoms with Crippen LogP contribution in [0.1, 0.15) is 37.8 Å². The third-order valence-electron chi connectivity index (χ3n) is 5.71. The fraction of sp³-hybridized carbons (Fsp3) is 0.684. The Balaban J connectivity index is 1.62. The summed E-state index contributed by atoms with van der Waals surface area (Å²) in [5, 5.41) is 0. The molecule has 4 atom stereocenters. The van der Waals surface area contributed by atoms with Crippen molar-refractivity contribution >= 4 is 0 Å². The second-order valence-electron chi connectivity index (χ2n) is 7.45. The monoisotopic (exact) mass is 286 g/mol. The maximum Gasteiger partial charge on any atom is 0.00844 e. The molecule has 1 saturated carbocycles. The second-order valence-corrected chi connectivity index (χ2v) is 7.45. The number of nitrogens with zero attached hydrogens (tertiary/aromatic N) is 1. The Labute approximate surface area is 129 Å². The molecule has 21 heavy (non-hydrogen) atoms. The minimum atomic E-state index is 0.398. The van der Waals surface area contributed by atoms with E-state index in [0.29, 0.717) is 12.0 Å². The number of benzene rings is 1. The minimum Gasteiger partial charge on any atom is -0.327 e. The maximum absolute atomic E-state index is 6.47. The highest BCUT2D eigenvalue weighted by Gasteiger charge is 2.33. The lowest BCUT2D eigenvalue weighted by Gasteiger charge is -2.40. The average molecular weight is 286 g/mol. The molecular formula is C19H30N2. The van der Waals surface area contributed by atoms with E-state index in [2.05, 4.69) is 43.0 Å².